The van der Waals surface area contributed by atoms with E-state index in [0.717, 1.165) is 20.4 Å². The summed E-state index contributed by atoms with van der Waals surface area (Å²) in [5.41, 5.74) is 4.04. The van der Waals surface area contributed by atoms with Crippen molar-refractivity contribution >= 4 is 51.9 Å². The Hall–Kier alpha value is -4.43. The number of methoxy groups -OCH3 is 1. The van der Waals surface area contributed by atoms with Crippen LogP contribution in [0.4, 0.5) is 0 Å². The highest BCUT2D eigenvalue weighted by atomic mass is 127. The molecule has 0 spiro atoms. The molecule has 1 aliphatic heterocycles. The minimum Gasteiger partial charge on any atom is -0.490 e. The fourth-order valence-corrected chi connectivity index (χ4v) is 6.85. The second-order valence-electron chi connectivity index (χ2n) is 10.8. The van der Waals surface area contributed by atoms with Crippen LogP contribution in [0, 0.1) is 10.5 Å². The van der Waals surface area contributed by atoms with Crippen LogP contribution in [-0.2, 0) is 25.7 Å². The number of fused-ring (bicyclic) bond motifs is 1. The van der Waals surface area contributed by atoms with Crippen LogP contribution in [0.1, 0.15) is 49.1 Å². The number of hydrogen-bond donors (Lipinski definition) is 0. The molecule has 0 N–H and O–H groups in total. The van der Waals surface area contributed by atoms with Gasteiger partial charge in [-0.15, -0.1) is 0 Å². The van der Waals surface area contributed by atoms with Crippen molar-refractivity contribution in [3.63, 3.8) is 0 Å². The average molecular weight is 783 g/mol. The van der Waals surface area contributed by atoms with Crippen molar-refractivity contribution in [2.45, 2.75) is 40.3 Å². The van der Waals surface area contributed by atoms with Crippen molar-refractivity contribution in [1.29, 1.82) is 0 Å². The lowest BCUT2D eigenvalue weighted by molar-refractivity contribution is -0.143. The van der Waals surface area contributed by atoms with Crippen molar-refractivity contribution < 1.29 is 33.3 Å². The van der Waals surface area contributed by atoms with E-state index in [-0.39, 0.29) is 24.3 Å². The van der Waals surface area contributed by atoms with Crippen molar-refractivity contribution in [3.8, 4) is 17.2 Å². The van der Waals surface area contributed by atoms with Crippen LogP contribution in [-0.4, -0.2) is 43.4 Å². The quantitative estimate of drug-likeness (QED) is 0.142. The molecule has 48 heavy (non-hydrogen) atoms. The van der Waals surface area contributed by atoms with E-state index in [9.17, 15) is 14.4 Å². The van der Waals surface area contributed by atoms with E-state index in [2.05, 4.69) is 44.5 Å². The number of hydrogen-bond acceptors (Lipinski definition) is 10. The van der Waals surface area contributed by atoms with Crippen LogP contribution in [0.25, 0.3) is 6.08 Å². The number of carbonyl (C=O) groups excluding carboxylic acids is 2. The molecule has 0 radical (unpaired) electrons. The molecule has 0 saturated heterocycles. The van der Waals surface area contributed by atoms with Gasteiger partial charge in [0.2, 0.25) is 0 Å². The van der Waals surface area contributed by atoms with Crippen LogP contribution >= 0.6 is 33.9 Å². The van der Waals surface area contributed by atoms with Gasteiger partial charge in [-0.3, -0.25) is 9.36 Å². The Bertz CT molecular complexity index is 2050. The minimum absolute atomic E-state index is 0.153. The number of benzene rings is 3. The highest BCUT2D eigenvalue weighted by molar-refractivity contribution is 14.1. The molecule has 3 aromatic carbocycles. The maximum Gasteiger partial charge on any atom is 0.343 e. The maximum absolute atomic E-state index is 14.1. The van der Waals surface area contributed by atoms with Crippen molar-refractivity contribution in [1.82, 2.24) is 4.57 Å². The minimum atomic E-state index is -0.853. The molecule has 5 rings (SSSR count). The Kier molecular flexibility index (Phi) is 11.4. The first-order chi connectivity index (χ1) is 23.1. The van der Waals surface area contributed by atoms with Crippen LogP contribution in [0.5, 0.6) is 17.2 Å². The highest BCUT2D eigenvalue weighted by Gasteiger charge is 2.34. The lowest BCUT2D eigenvalue weighted by Crippen LogP contribution is -2.40. The summed E-state index contributed by atoms with van der Waals surface area (Å²) in [5.74, 6) is 0.290. The van der Waals surface area contributed by atoms with Gasteiger partial charge in [-0.05, 0) is 97.3 Å². The van der Waals surface area contributed by atoms with Crippen LogP contribution in [0.3, 0.4) is 0 Å². The lowest BCUT2D eigenvalue weighted by atomic mass is 9.95. The van der Waals surface area contributed by atoms with Gasteiger partial charge in [-0.2, -0.15) is 0 Å². The van der Waals surface area contributed by atoms with Crippen molar-refractivity contribution in [3.05, 3.63) is 117 Å². The maximum atomic E-state index is 14.1. The molecule has 1 aliphatic rings. The summed E-state index contributed by atoms with van der Waals surface area (Å²) >= 11 is 3.46. The van der Waals surface area contributed by atoms with E-state index in [4.69, 9.17) is 18.9 Å². The van der Waals surface area contributed by atoms with Crippen molar-refractivity contribution in [2.75, 3.05) is 26.9 Å². The summed E-state index contributed by atoms with van der Waals surface area (Å²) in [6.07, 6.45) is 1.81. The molecule has 1 atom stereocenters. The van der Waals surface area contributed by atoms with Crippen LogP contribution in [0.2, 0.25) is 0 Å². The van der Waals surface area contributed by atoms with Gasteiger partial charge in [0.05, 0.1) is 45.7 Å². The van der Waals surface area contributed by atoms with Gasteiger partial charge < -0.3 is 23.7 Å². The van der Waals surface area contributed by atoms with E-state index in [1.54, 1.807) is 32.0 Å². The molecule has 250 valence electrons. The Labute approximate surface area is 295 Å². The number of aromatic nitrogens is 1. The zero-order valence-electron chi connectivity index (χ0n) is 27.2. The first-order valence-corrected chi connectivity index (χ1v) is 17.2. The molecule has 10 nitrogen and oxygen atoms in total. The van der Waals surface area contributed by atoms with Gasteiger partial charge >= 0.3 is 11.9 Å². The normalized spacial score (nSPS) is 14.2. The van der Waals surface area contributed by atoms with E-state index >= 15 is 0 Å². The monoisotopic (exact) mass is 782 g/mol. The molecule has 2 heterocycles. The van der Waals surface area contributed by atoms with Gasteiger partial charge in [0, 0.05) is 0 Å². The number of esters is 2. The van der Waals surface area contributed by atoms with Crippen LogP contribution < -0.4 is 29.1 Å². The Balaban J connectivity index is 1.54. The van der Waals surface area contributed by atoms with Gasteiger partial charge in [-0.1, -0.05) is 53.3 Å². The second-order valence-corrected chi connectivity index (χ2v) is 12.9. The Morgan fingerprint density at radius 2 is 1.69 bits per heavy atom. The summed E-state index contributed by atoms with van der Waals surface area (Å²) in [5, 5.41) is 0. The topological polar surface area (TPSA) is 115 Å². The van der Waals surface area contributed by atoms with Crippen molar-refractivity contribution in [2.24, 2.45) is 4.99 Å². The summed E-state index contributed by atoms with van der Waals surface area (Å²) in [6, 6.07) is 18.2. The number of rotatable bonds is 12. The average Bonchev–Trinajstić information content (AvgIpc) is 3.37. The van der Waals surface area contributed by atoms with E-state index in [1.807, 2.05) is 50.3 Å². The second kappa shape index (κ2) is 15.6. The van der Waals surface area contributed by atoms with Gasteiger partial charge in [0.1, 0.15) is 12.4 Å². The molecule has 4 aromatic rings. The molecule has 0 fully saturated rings. The van der Waals surface area contributed by atoms with Gasteiger partial charge in [0.25, 0.3) is 5.56 Å². The lowest BCUT2D eigenvalue weighted by Gasteiger charge is -2.25. The summed E-state index contributed by atoms with van der Waals surface area (Å²) in [7, 11) is 1.28. The molecule has 0 bridgehead atoms. The van der Waals surface area contributed by atoms with E-state index in [0.29, 0.717) is 45.3 Å². The number of allylic oxidation sites excluding steroid dienone is 1. The third kappa shape index (κ3) is 7.81. The number of thiazole rings is 1. The van der Waals surface area contributed by atoms with E-state index < -0.39 is 18.0 Å². The number of halogens is 1. The molecule has 0 unspecified atom stereocenters. The predicted octanol–water partition coefficient (Wildman–Crippen LogP) is 5.24. The summed E-state index contributed by atoms with van der Waals surface area (Å²) < 4.78 is 30.5. The van der Waals surface area contributed by atoms with E-state index in [1.165, 1.54) is 28.6 Å². The largest absolute Gasteiger partial charge is 0.490 e. The number of aryl methyl sites for hydroxylation is 1. The first kappa shape index (κ1) is 34.9. The molecular formula is C36H35IN2O8S. The number of ether oxygens (including phenoxy) is 5. The SMILES string of the molecule is CCOC(=O)C1=C(C)N=c2s/c(=C\c3ccc(OCc4ccc(C)cc4)c(I)c3)c(=O)n2[C@H]1c1ccc(OCC(=O)OC)c(OCC)c1. The first-order valence-electron chi connectivity index (χ1n) is 15.3. The fraction of sp³-hybridized carbons (Fsp3) is 0.278. The summed E-state index contributed by atoms with van der Waals surface area (Å²) in [4.78, 5) is 44.3. The molecule has 0 saturated carbocycles. The zero-order chi connectivity index (χ0) is 34.4. The number of carbonyl (C=O) groups is 2. The third-order valence-corrected chi connectivity index (χ3v) is 9.27. The smallest absolute Gasteiger partial charge is 0.343 e. The number of nitrogens with zero attached hydrogens (tertiary/aromatic N) is 2. The molecule has 12 heteroatoms. The molecule has 1 aromatic heterocycles. The molecular weight excluding hydrogens is 747 g/mol. The van der Waals surface area contributed by atoms with Gasteiger partial charge in [0.15, 0.2) is 22.9 Å². The van der Waals surface area contributed by atoms with Gasteiger partial charge in [-0.25, -0.2) is 14.6 Å². The highest BCUT2D eigenvalue weighted by Crippen LogP contribution is 2.36. The predicted molar refractivity (Wildman–Crippen MR) is 190 cm³/mol. The Morgan fingerprint density at radius 3 is 2.38 bits per heavy atom. The molecule has 0 amide bonds. The summed E-state index contributed by atoms with van der Waals surface area (Å²) in [6.45, 7) is 7.92. The molecule has 0 aliphatic carbocycles. The standard InChI is InChI=1S/C36H35IN2O8S/c1-6-44-29-18-25(13-15-28(29)47-20-31(40)43-5)33-32(35(42)45-7-2)22(4)38-36-39(33)34(41)30(48-36)17-24-12-14-27(26(37)16-24)46-19-23-10-8-21(3)9-11-23/h8-18,33H,6-7,19-20H2,1-5H3/b30-17-/t33-/m0/s1. The third-order valence-electron chi connectivity index (χ3n) is 7.44. The Morgan fingerprint density at radius 1 is 0.938 bits per heavy atom. The van der Waals surface area contributed by atoms with Crippen LogP contribution in [0.15, 0.2) is 81.7 Å². The fourth-order valence-electron chi connectivity index (χ4n) is 5.11. The zero-order valence-corrected chi connectivity index (χ0v) is 30.2.